The molecule has 2 aromatic rings. The van der Waals surface area contributed by atoms with E-state index < -0.39 is 0 Å². The molecule has 3 nitrogen and oxygen atoms in total. The zero-order chi connectivity index (χ0) is 15.2. The van der Waals surface area contributed by atoms with Gasteiger partial charge in [-0.25, -0.2) is 0 Å². The summed E-state index contributed by atoms with van der Waals surface area (Å²) in [6.45, 7) is 2.91. The second kappa shape index (κ2) is 7.48. The van der Waals surface area contributed by atoms with Crippen LogP contribution in [-0.2, 0) is 13.0 Å². The normalized spacial score (nSPS) is 12.1. The summed E-state index contributed by atoms with van der Waals surface area (Å²) in [5.41, 5.74) is 2.33. The van der Waals surface area contributed by atoms with E-state index in [0.717, 1.165) is 28.8 Å². The second-order valence-electron chi connectivity index (χ2n) is 5.08. The van der Waals surface area contributed by atoms with Gasteiger partial charge in [0.2, 0.25) is 0 Å². The number of halogens is 1. The number of nitrogens with one attached hydrogen (secondary N) is 1. The number of hydrogen-bond donors (Lipinski definition) is 2. The summed E-state index contributed by atoms with van der Waals surface area (Å²) >= 11 is 3.33. The molecule has 112 valence electrons. The molecule has 0 saturated heterocycles. The van der Waals surface area contributed by atoms with E-state index in [-0.39, 0.29) is 5.75 Å². The van der Waals surface area contributed by atoms with E-state index >= 15 is 0 Å². The van der Waals surface area contributed by atoms with Crippen LogP contribution in [0.15, 0.2) is 46.9 Å². The van der Waals surface area contributed by atoms with Gasteiger partial charge in [0.05, 0.1) is 11.6 Å². The van der Waals surface area contributed by atoms with Gasteiger partial charge in [0.25, 0.3) is 0 Å². The first-order valence-corrected chi connectivity index (χ1v) is 7.72. The van der Waals surface area contributed by atoms with E-state index in [2.05, 4.69) is 34.2 Å². The van der Waals surface area contributed by atoms with Crippen molar-refractivity contribution in [2.75, 3.05) is 7.11 Å². The number of rotatable bonds is 6. The van der Waals surface area contributed by atoms with Crippen molar-refractivity contribution in [3.8, 4) is 11.5 Å². The lowest BCUT2D eigenvalue weighted by molar-refractivity contribution is 0.406. The molecule has 0 aliphatic carbocycles. The molecular weight excluding hydrogens is 330 g/mol. The van der Waals surface area contributed by atoms with Gasteiger partial charge in [-0.15, -0.1) is 0 Å². The molecule has 0 aromatic heterocycles. The molecule has 0 aliphatic heterocycles. The molecule has 21 heavy (non-hydrogen) atoms. The van der Waals surface area contributed by atoms with Crippen LogP contribution in [0.1, 0.15) is 18.1 Å². The minimum Gasteiger partial charge on any atom is -0.507 e. The highest BCUT2D eigenvalue weighted by molar-refractivity contribution is 9.10. The molecule has 2 N–H and O–H groups in total. The van der Waals surface area contributed by atoms with Gasteiger partial charge in [0.1, 0.15) is 11.5 Å². The van der Waals surface area contributed by atoms with Crippen LogP contribution in [0.2, 0.25) is 0 Å². The Hall–Kier alpha value is -1.52. The first-order valence-electron chi connectivity index (χ1n) is 6.93. The van der Waals surface area contributed by atoms with Gasteiger partial charge in [0, 0.05) is 12.6 Å². The standard InChI is InChI=1S/C17H20BrNO2/c1-12(9-14-5-3-4-6-17(14)21-2)19-11-13-7-8-16(20)15(18)10-13/h3-8,10,12,19-20H,9,11H2,1-2H3. The van der Waals surface area contributed by atoms with Crippen molar-refractivity contribution in [2.45, 2.75) is 25.9 Å². The second-order valence-corrected chi connectivity index (χ2v) is 5.94. The van der Waals surface area contributed by atoms with E-state index in [1.807, 2.05) is 30.3 Å². The summed E-state index contributed by atoms with van der Waals surface area (Å²) < 4.78 is 6.10. The zero-order valence-corrected chi connectivity index (χ0v) is 13.9. The molecule has 0 saturated carbocycles. The van der Waals surface area contributed by atoms with E-state index in [9.17, 15) is 5.11 Å². The van der Waals surface area contributed by atoms with Crippen LogP contribution in [0.5, 0.6) is 11.5 Å². The van der Waals surface area contributed by atoms with Gasteiger partial charge in [-0.05, 0) is 58.6 Å². The van der Waals surface area contributed by atoms with Crippen molar-refractivity contribution in [3.63, 3.8) is 0 Å². The molecule has 2 aromatic carbocycles. The number of benzene rings is 2. The third-order valence-corrected chi connectivity index (χ3v) is 4.02. The number of methoxy groups -OCH3 is 1. The van der Waals surface area contributed by atoms with Crippen molar-refractivity contribution < 1.29 is 9.84 Å². The van der Waals surface area contributed by atoms with E-state index in [4.69, 9.17) is 4.74 Å². The fourth-order valence-corrected chi connectivity index (χ4v) is 2.65. The Balaban J connectivity index is 1.92. The fraction of sp³-hybridized carbons (Fsp3) is 0.294. The highest BCUT2D eigenvalue weighted by atomic mass is 79.9. The Kier molecular flexibility index (Phi) is 5.65. The minimum absolute atomic E-state index is 0.265. The molecule has 1 unspecified atom stereocenters. The molecule has 2 rings (SSSR count). The Bertz CT molecular complexity index is 601. The molecule has 0 heterocycles. The van der Waals surface area contributed by atoms with Crippen LogP contribution in [0, 0.1) is 0 Å². The Morgan fingerprint density at radius 3 is 2.71 bits per heavy atom. The molecule has 0 aliphatic rings. The van der Waals surface area contributed by atoms with Gasteiger partial charge >= 0.3 is 0 Å². The summed E-state index contributed by atoms with van der Waals surface area (Å²) in [6, 6.07) is 14.0. The predicted molar refractivity (Wildman–Crippen MR) is 88.8 cm³/mol. The topological polar surface area (TPSA) is 41.5 Å². The third-order valence-electron chi connectivity index (χ3n) is 3.39. The SMILES string of the molecule is COc1ccccc1CC(C)NCc1ccc(O)c(Br)c1. The largest absolute Gasteiger partial charge is 0.507 e. The maximum atomic E-state index is 9.49. The maximum Gasteiger partial charge on any atom is 0.129 e. The smallest absolute Gasteiger partial charge is 0.129 e. The number of para-hydroxylation sites is 1. The van der Waals surface area contributed by atoms with E-state index in [1.54, 1.807) is 13.2 Å². The Morgan fingerprint density at radius 1 is 1.24 bits per heavy atom. The van der Waals surface area contributed by atoms with Crippen LogP contribution >= 0.6 is 15.9 Å². The number of phenols is 1. The summed E-state index contributed by atoms with van der Waals surface area (Å²) in [5.74, 6) is 1.19. The summed E-state index contributed by atoms with van der Waals surface area (Å²) in [6.07, 6.45) is 0.906. The van der Waals surface area contributed by atoms with Gasteiger partial charge in [-0.1, -0.05) is 24.3 Å². The van der Waals surface area contributed by atoms with Crippen LogP contribution in [0.25, 0.3) is 0 Å². The van der Waals surface area contributed by atoms with Crippen molar-refractivity contribution in [1.29, 1.82) is 0 Å². The average Bonchev–Trinajstić information content (AvgIpc) is 2.49. The van der Waals surface area contributed by atoms with E-state index in [1.165, 1.54) is 5.56 Å². The number of hydrogen-bond acceptors (Lipinski definition) is 3. The number of aromatic hydroxyl groups is 1. The average molecular weight is 350 g/mol. The van der Waals surface area contributed by atoms with Crippen LogP contribution in [0.3, 0.4) is 0 Å². The molecule has 0 fully saturated rings. The molecule has 0 amide bonds. The summed E-state index contributed by atoms with van der Waals surface area (Å²) in [5, 5.41) is 13.0. The Labute approximate surface area is 134 Å². The summed E-state index contributed by atoms with van der Waals surface area (Å²) in [4.78, 5) is 0. The lowest BCUT2D eigenvalue weighted by atomic mass is 10.1. The van der Waals surface area contributed by atoms with Crippen LogP contribution < -0.4 is 10.1 Å². The molecule has 0 spiro atoms. The van der Waals surface area contributed by atoms with Crippen molar-refractivity contribution >= 4 is 15.9 Å². The quantitative estimate of drug-likeness (QED) is 0.831. The molecule has 0 radical (unpaired) electrons. The first-order chi connectivity index (χ1) is 10.1. The van der Waals surface area contributed by atoms with Gasteiger partial charge in [-0.2, -0.15) is 0 Å². The summed E-state index contributed by atoms with van der Waals surface area (Å²) in [7, 11) is 1.70. The number of phenolic OH excluding ortho intramolecular Hbond substituents is 1. The van der Waals surface area contributed by atoms with Gasteiger partial charge in [0.15, 0.2) is 0 Å². The van der Waals surface area contributed by atoms with Crippen molar-refractivity contribution in [2.24, 2.45) is 0 Å². The lowest BCUT2D eigenvalue weighted by Crippen LogP contribution is -2.27. The van der Waals surface area contributed by atoms with E-state index in [0.29, 0.717) is 6.04 Å². The maximum absolute atomic E-state index is 9.49. The van der Waals surface area contributed by atoms with Crippen LogP contribution in [-0.4, -0.2) is 18.3 Å². The van der Waals surface area contributed by atoms with Crippen molar-refractivity contribution in [1.82, 2.24) is 5.32 Å². The van der Waals surface area contributed by atoms with Crippen molar-refractivity contribution in [3.05, 3.63) is 58.1 Å². The Morgan fingerprint density at radius 2 is 2.00 bits per heavy atom. The highest BCUT2D eigenvalue weighted by Crippen LogP contribution is 2.24. The van der Waals surface area contributed by atoms with Crippen LogP contribution in [0.4, 0.5) is 0 Å². The predicted octanol–water partition coefficient (Wildman–Crippen LogP) is 3.88. The molecule has 1 atom stereocenters. The first kappa shape index (κ1) is 15.9. The van der Waals surface area contributed by atoms with Gasteiger partial charge in [-0.3, -0.25) is 0 Å². The highest BCUT2D eigenvalue weighted by Gasteiger charge is 2.08. The monoisotopic (exact) mass is 349 g/mol. The molecule has 4 heteroatoms. The lowest BCUT2D eigenvalue weighted by Gasteiger charge is -2.16. The fourth-order valence-electron chi connectivity index (χ4n) is 2.23. The molecular formula is C17H20BrNO2. The zero-order valence-electron chi connectivity index (χ0n) is 12.3. The molecule has 0 bridgehead atoms. The number of ether oxygens (including phenoxy) is 1. The third kappa shape index (κ3) is 4.48. The minimum atomic E-state index is 0.265. The van der Waals surface area contributed by atoms with Gasteiger partial charge < -0.3 is 15.2 Å².